The van der Waals surface area contributed by atoms with Gasteiger partial charge >= 0.3 is 0 Å². The Kier molecular flexibility index (Phi) is 5.92. The van der Waals surface area contributed by atoms with E-state index in [0.717, 1.165) is 41.7 Å². The maximum absolute atomic E-state index is 13.2. The molecule has 1 aromatic heterocycles. The van der Waals surface area contributed by atoms with Crippen LogP contribution in [0.5, 0.6) is 0 Å². The highest BCUT2D eigenvalue weighted by molar-refractivity contribution is 5.82. The van der Waals surface area contributed by atoms with Gasteiger partial charge in [-0.05, 0) is 28.8 Å². The maximum Gasteiger partial charge on any atom is 0.225 e. The molecule has 0 saturated carbocycles. The van der Waals surface area contributed by atoms with Gasteiger partial charge in [-0.25, -0.2) is 0 Å². The number of aromatic nitrogens is 1. The minimum absolute atomic E-state index is 0.0490. The zero-order chi connectivity index (χ0) is 22.8. The summed E-state index contributed by atoms with van der Waals surface area (Å²) in [6, 6.07) is 18.1. The summed E-state index contributed by atoms with van der Waals surface area (Å²) in [7, 11) is 0. The van der Waals surface area contributed by atoms with Gasteiger partial charge in [-0.15, -0.1) is 0 Å². The number of carbonyl (C=O) groups is 2. The third-order valence-corrected chi connectivity index (χ3v) is 6.67. The van der Waals surface area contributed by atoms with Gasteiger partial charge in [0.2, 0.25) is 11.8 Å². The number of amides is 2. The number of fused-ring (bicyclic) bond motifs is 2. The second kappa shape index (κ2) is 9.16. The van der Waals surface area contributed by atoms with Crippen LogP contribution in [0.15, 0.2) is 67.0 Å². The third-order valence-electron chi connectivity index (χ3n) is 6.67. The van der Waals surface area contributed by atoms with Crippen LogP contribution in [-0.4, -0.2) is 57.7 Å². The molecule has 6 nitrogen and oxygen atoms in total. The molecule has 0 bridgehead atoms. The molecular weight excluding hydrogens is 412 g/mol. The predicted octanol–water partition coefficient (Wildman–Crippen LogP) is 3.84. The third kappa shape index (κ3) is 4.39. The highest BCUT2D eigenvalue weighted by atomic mass is 16.2. The number of rotatable bonds is 4. The van der Waals surface area contributed by atoms with Gasteiger partial charge in [0.05, 0.1) is 18.0 Å². The molecule has 3 heterocycles. The number of benzene rings is 2. The molecule has 2 amide bonds. The van der Waals surface area contributed by atoms with Crippen molar-refractivity contribution in [3.05, 3.63) is 83.7 Å². The molecule has 2 aromatic carbocycles. The number of nitrogens with zero attached hydrogens (tertiary/aromatic N) is 4. The van der Waals surface area contributed by atoms with Crippen molar-refractivity contribution < 1.29 is 9.59 Å². The lowest BCUT2D eigenvalue weighted by atomic mass is 9.93. The summed E-state index contributed by atoms with van der Waals surface area (Å²) in [6.07, 6.45) is 5.89. The first-order valence-electron chi connectivity index (χ1n) is 11.5. The van der Waals surface area contributed by atoms with Gasteiger partial charge in [0, 0.05) is 57.4 Å². The average Bonchev–Trinajstić information content (AvgIpc) is 2.84. The molecular formula is C27H28N4O2. The van der Waals surface area contributed by atoms with E-state index in [1.807, 2.05) is 47.5 Å². The Morgan fingerprint density at radius 2 is 1.76 bits per heavy atom. The molecule has 2 aliphatic heterocycles. The van der Waals surface area contributed by atoms with Crippen molar-refractivity contribution in [2.45, 2.75) is 25.9 Å². The van der Waals surface area contributed by atoms with Gasteiger partial charge in [0.25, 0.3) is 0 Å². The lowest BCUT2D eigenvalue weighted by molar-refractivity contribution is -0.136. The fourth-order valence-electron chi connectivity index (χ4n) is 4.90. The fraction of sp³-hybridized carbons (Fsp3) is 0.296. The number of para-hydroxylation sites is 1. The lowest BCUT2D eigenvalue weighted by Gasteiger charge is -2.37. The number of carbonyl (C=O) groups excluding carboxylic acids is 2. The first kappa shape index (κ1) is 21.3. The van der Waals surface area contributed by atoms with Crippen LogP contribution in [0, 0.1) is 0 Å². The molecule has 3 aromatic rings. The monoisotopic (exact) mass is 440 g/mol. The molecule has 1 fully saturated rings. The quantitative estimate of drug-likeness (QED) is 0.619. The topological polar surface area (TPSA) is 56.8 Å². The molecule has 1 saturated heterocycles. The SMILES string of the molecule is CC(=O)N1C=Cc2ccccc2C1CC(=O)N1CCN(Cc2cccc3cccnc23)CC1. The molecule has 0 N–H and O–H groups in total. The fourth-order valence-corrected chi connectivity index (χ4v) is 4.90. The van der Waals surface area contributed by atoms with Crippen molar-refractivity contribution in [3.63, 3.8) is 0 Å². The van der Waals surface area contributed by atoms with Crippen molar-refractivity contribution in [1.29, 1.82) is 0 Å². The molecule has 0 aliphatic carbocycles. The highest BCUT2D eigenvalue weighted by Gasteiger charge is 2.31. The predicted molar refractivity (Wildman–Crippen MR) is 129 cm³/mol. The molecule has 0 radical (unpaired) electrons. The lowest BCUT2D eigenvalue weighted by Crippen LogP contribution is -2.49. The molecule has 5 rings (SSSR count). The Hall–Kier alpha value is -3.51. The Labute approximate surface area is 194 Å². The largest absolute Gasteiger partial charge is 0.340 e. The van der Waals surface area contributed by atoms with Crippen LogP contribution in [0.4, 0.5) is 0 Å². The molecule has 0 spiro atoms. The van der Waals surface area contributed by atoms with Crippen molar-refractivity contribution in [2.75, 3.05) is 26.2 Å². The average molecular weight is 441 g/mol. The van der Waals surface area contributed by atoms with Crippen LogP contribution < -0.4 is 0 Å². The van der Waals surface area contributed by atoms with E-state index >= 15 is 0 Å². The standard InChI is InChI=1S/C27H28N4O2/c1-20(32)31-13-11-21-6-2-3-10-24(21)25(31)18-26(33)30-16-14-29(15-17-30)19-23-8-4-7-22-9-5-12-28-27(22)23/h2-13,25H,14-19H2,1H3. The second-order valence-corrected chi connectivity index (χ2v) is 8.74. The van der Waals surface area contributed by atoms with Crippen molar-refractivity contribution in [1.82, 2.24) is 19.7 Å². The van der Waals surface area contributed by atoms with E-state index < -0.39 is 0 Å². The van der Waals surface area contributed by atoms with E-state index in [9.17, 15) is 9.59 Å². The molecule has 1 unspecified atom stereocenters. The van der Waals surface area contributed by atoms with Gasteiger partial charge in [-0.2, -0.15) is 0 Å². The zero-order valence-corrected chi connectivity index (χ0v) is 18.9. The van der Waals surface area contributed by atoms with E-state index in [-0.39, 0.29) is 17.9 Å². The summed E-state index contributed by atoms with van der Waals surface area (Å²) in [5.41, 5.74) is 4.37. The molecule has 1 atom stereocenters. The Balaban J connectivity index is 1.23. The van der Waals surface area contributed by atoms with E-state index in [4.69, 9.17) is 0 Å². The maximum atomic E-state index is 13.2. The number of pyridine rings is 1. The van der Waals surface area contributed by atoms with Gasteiger partial charge in [0.1, 0.15) is 0 Å². The minimum Gasteiger partial charge on any atom is -0.340 e. The summed E-state index contributed by atoms with van der Waals surface area (Å²) < 4.78 is 0. The van der Waals surface area contributed by atoms with Crippen LogP contribution >= 0.6 is 0 Å². The highest BCUT2D eigenvalue weighted by Crippen LogP contribution is 2.33. The summed E-state index contributed by atoms with van der Waals surface area (Å²) in [5.74, 6) is 0.0508. The number of piperazine rings is 1. The van der Waals surface area contributed by atoms with Gasteiger partial charge in [0.15, 0.2) is 0 Å². The Morgan fingerprint density at radius 3 is 2.58 bits per heavy atom. The van der Waals surface area contributed by atoms with Gasteiger partial charge in [-0.1, -0.05) is 48.5 Å². The Morgan fingerprint density at radius 1 is 0.970 bits per heavy atom. The van der Waals surface area contributed by atoms with Crippen LogP contribution in [0.1, 0.15) is 36.1 Å². The van der Waals surface area contributed by atoms with Crippen LogP contribution in [0.25, 0.3) is 17.0 Å². The second-order valence-electron chi connectivity index (χ2n) is 8.74. The smallest absolute Gasteiger partial charge is 0.225 e. The van der Waals surface area contributed by atoms with E-state index in [0.29, 0.717) is 19.5 Å². The van der Waals surface area contributed by atoms with Crippen molar-refractivity contribution in [3.8, 4) is 0 Å². The van der Waals surface area contributed by atoms with Crippen molar-refractivity contribution in [2.24, 2.45) is 0 Å². The van der Waals surface area contributed by atoms with Gasteiger partial charge in [-0.3, -0.25) is 19.5 Å². The zero-order valence-electron chi connectivity index (χ0n) is 18.9. The van der Waals surface area contributed by atoms with Crippen molar-refractivity contribution >= 4 is 28.8 Å². The Bertz CT molecular complexity index is 1210. The first-order valence-corrected chi connectivity index (χ1v) is 11.5. The summed E-state index contributed by atoms with van der Waals surface area (Å²) in [4.78, 5) is 36.0. The minimum atomic E-state index is -0.254. The van der Waals surface area contributed by atoms with Gasteiger partial charge < -0.3 is 9.80 Å². The van der Waals surface area contributed by atoms with E-state index in [1.165, 1.54) is 5.56 Å². The molecule has 6 heteroatoms. The summed E-state index contributed by atoms with van der Waals surface area (Å²) >= 11 is 0. The van der Waals surface area contributed by atoms with Crippen LogP contribution in [0.3, 0.4) is 0 Å². The molecule has 168 valence electrons. The van der Waals surface area contributed by atoms with E-state index in [2.05, 4.69) is 34.1 Å². The number of hydrogen-bond acceptors (Lipinski definition) is 4. The number of hydrogen-bond donors (Lipinski definition) is 0. The first-order chi connectivity index (χ1) is 16.1. The molecule has 2 aliphatic rings. The van der Waals surface area contributed by atoms with Crippen LogP contribution in [0.2, 0.25) is 0 Å². The van der Waals surface area contributed by atoms with Crippen LogP contribution in [-0.2, 0) is 16.1 Å². The summed E-state index contributed by atoms with van der Waals surface area (Å²) in [6.45, 7) is 5.42. The van der Waals surface area contributed by atoms with E-state index in [1.54, 1.807) is 18.0 Å². The summed E-state index contributed by atoms with van der Waals surface area (Å²) in [5, 5.41) is 1.15. The normalized spacial score (nSPS) is 18.4. The molecule has 33 heavy (non-hydrogen) atoms.